The number of piperidine rings is 1. The minimum absolute atomic E-state index is 0.492. The molecule has 0 spiro atoms. The Balaban J connectivity index is 2.03. The predicted octanol–water partition coefficient (Wildman–Crippen LogP) is 2.09. The van der Waals surface area contributed by atoms with Gasteiger partial charge in [0.05, 0.1) is 11.4 Å². The second-order valence-electron chi connectivity index (χ2n) is 6.18. The molecule has 20 heavy (non-hydrogen) atoms. The number of hydrogen-bond acceptors (Lipinski definition) is 5. The van der Waals surface area contributed by atoms with Crippen molar-refractivity contribution < 1.29 is 0 Å². The van der Waals surface area contributed by atoms with E-state index in [4.69, 9.17) is 0 Å². The summed E-state index contributed by atoms with van der Waals surface area (Å²) in [6.07, 6.45) is 3.72. The fourth-order valence-electron chi connectivity index (χ4n) is 2.58. The second-order valence-corrected chi connectivity index (χ2v) is 6.18. The summed E-state index contributed by atoms with van der Waals surface area (Å²) in [6, 6.07) is 0.492. The van der Waals surface area contributed by atoms with Gasteiger partial charge in [-0.3, -0.25) is 0 Å². The van der Waals surface area contributed by atoms with Crippen LogP contribution in [0.2, 0.25) is 0 Å². The summed E-state index contributed by atoms with van der Waals surface area (Å²) in [6.45, 7) is 11.5. The van der Waals surface area contributed by atoms with E-state index in [2.05, 4.69) is 39.2 Å². The van der Waals surface area contributed by atoms with Crippen LogP contribution in [0.4, 0.5) is 5.95 Å². The second kappa shape index (κ2) is 6.97. The highest BCUT2D eigenvalue weighted by Crippen LogP contribution is 2.21. The van der Waals surface area contributed by atoms with Crippen LogP contribution in [-0.2, 0) is 0 Å². The lowest BCUT2D eigenvalue weighted by molar-refractivity contribution is 0.416. The van der Waals surface area contributed by atoms with Gasteiger partial charge in [0.1, 0.15) is 0 Å². The van der Waals surface area contributed by atoms with Gasteiger partial charge in [0, 0.05) is 19.1 Å². The fraction of sp³-hybridized carbons (Fsp3) is 0.800. The standard InChI is InChI=1S/C15H27N5/c1-11(2)9-16-10-14-7-5-6-8-20(14)15-17-12(3)13(4)18-19-15/h11,14,16H,5-10H2,1-4H3. The molecule has 0 saturated carbocycles. The summed E-state index contributed by atoms with van der Waals surface area (Å²) < 4.78 is 0. The van der Waals surface area contributed by atoms with Gasteiger partial charge in [-0.1, -0.05) is 13.8 Å². The maximum atomic E-state index is 4.61. The van der Waals surface area contributed by atoms with E-state index >= 15 is 0 Å². The molecule has 1 unspecified atom stereocenters. The predicted molar refractivity (Wildman–Crippen MR) is 82.0 cm³/mol. The Bertz CT molecular complexity index is 432. The average Bonchev–Trinajstić information content (AvgIpc) is 2.42. The largest absolute Gasteiger partial charge is 0.335 e. The van der Waals surface area contributed by atoms with Crippen LogP contribution in [0.15, 0.2) is 0 Å². The monoisotopic (exact) mass is 277 g/mol. The van der Waals surface area contributed by atoms with E-state index in [1.54, 1.807) is 0 Å². The molecule has 1 saturated heterocycles. The quantitative estimate of drug-likeness (QED) is 0.893. The Labute approximate surface area is 122 Å². The van der Waals surface area contributed by atoms with Crippen LogP contribution in [0.5, 0.6) is 0 Å². The topological polar surface area (TPSA) is 53.9 Å². The molecule has 1 N–H and O–H groups in total. The molecule has 5 heteroatoms. The molecule has 0 aromatic carbocycles. The molecule has 0 amide bonds. The van der Waals surface area contributed by atoms with Crippen LogP contribution in [0.25, 0.3) is 0 Å². The highest BCUT2D eigenvalue weighted by atomic mass is 15.3. The number of aromatic nitrogens is 3. The van der Waals surface area contributed by atoms with Gasteiger partial charge in [0.25, 0.3) is 0 Å². The normalized spacial score (nSPS) is 19.6. The van der Waals surface area contributed by atoms with Crippen molar-refractivity contribution in [3.63, 3.8) is 0 Å². The summed E-state index contributed by atoms with van der Waals surface area (Å²) in [7, 11) is 0. The molecule has 0 bridgehead atoms. The molecule has 2 rings (SSSR count). The van der Waals surface area contributed by atoms with Crippen LogP contribution < -0.4 is 10.2 Å². The maximum Gasteiger partial charge on any atom is 0.245 e. The maximum absolute atomic E-state index is 4.61. The van der Waals surface area contributed by atoms with Crippen molar-refractivity contribution in [1.29, 1.82) is 0 Å². The number of anilines is 1. The van der Waals surface area contributed by atoms with Crippen molar-refractivity contribution in [3.8, 4) is 0 Å². The van der Waals surface area contributed by atoms with E-state index in [-0.39, 0.29) is 0 Å². The summed E-state index contributed by atoms with van der Waals surface area (Å²) >= 11 is 0. The number of nitrogens with one attached hydrogen (secondary N) is 1. The van der Waals surface area contributed by atoms with Gasteiger partial charge in [-0.15, -0.1) is 5.10 Å². The molecule has 5 nitrogen and oxygen atoms in total. The summed E-state index contributed by atoms with van der Waals surface area (Å²) in [5, 5.41) is 12.1. The molecule has 1 atom stereocenters. The number of aryl methyl sites for hydroxylation is 2. The lowest BCUT2D eigenvalue weighted by atomic mass is 10.0. The third kappa shape index (κ3) is 3.88. The molecular weight excluding hydrogens is 250 g/mol. The van der Waals surface area contributed by atoms with Gasteiger partial charge < -0.3 is 10.2 Å². The van der Waals surface area contributed by atoms with Gasteiger partial charge in [-0.05, 0) is 45.6 Å². The van der Waals surface area contributed by atoms with Gasteiger partial charge in [0.15, 0.2) is 0 Å². The van der Waals surface area contributed by atoms with E-state index < -0.39 is 0 Å². The lowest BCUT2D eigenvalue weighted by Crippen LogP contribution is -2.47. The zero-order chi connectivity index (χ0) is 14.5. The molecule has 1 aliphatic rings. The third-order valence-corrected chi connectivity index (χ3v) is 3.90. The van der Waals surface area contributed by atoms with Crippen molar-refractivity contribution in [2.45, 2.75) is 53.0 Å². The molecule has 112 valence electrons. The Hall–Kier alpha value is -1.23. The number of nitrogens with zero attached hydrogens (tertiary/aromatic N) is 4. The van der Waals surface area contributed by atoms with Crippen LogP contribution in [0.3, 0.4) is 0 Å². The van der Waals surface area contributed by atoms with Gasteiger partial charge >= 0.3 is 0 Å². The first-order chi connectivity index (χ1) is 9.58. The molecule has 2 heterocycles. The van der Waals surface area contributed by atoms with E-state index in [1.807, 2.05) is 13.8 Å². The highest BCUT2D eigenvalue weighted by Gasteiger charge is 2.24. The Morgan fingerprint density at radius 3 is 2.70 bits per heavy atom. The minimum Gasteiger partial charge on any atom is -0.335 e. The first-order valence-electron chi connectivity index (χ1n) is 7.73. The summed E-state index contributed by atoms with van der Waals surface area (Å²) in [5.74, 6) is 1.48. The van der Waals surface area contributed by atoms with Crippen molar-refractivity contribution in [1.82, 2.24) is 20.5 Å². The molecule has 1 aromatic heterocycles. The minimum atomic E-state index is 0.492. The average molecular weight is 277 g/mol. The van der Waals surface area contributed by atoms with Crippen molar-refractivity contribution in [2.24, 2.45) is 5.92 Å². The van der Waals surface area contributed by atoms with E-state index in [0.29, 0.717) is 12.0 Å². The zero-order valence-electron chi connectivity index (χ0n) is 13.2. The fourth-order valence-corrected chi connectivity index (χ4v) is 2.58. The molecule has 1 fully saturated rings. The van der Waals surface area contributed by atoms with E-state index in [9.17, 15) is 0 Å². The van der Waals surface area contributed by atoms with Crippen LogP contribution in [0, 0.1) is 19.8 Å². The molecule has 1 aromatic rings. The highest BCUT2D eigenvalue weighted by molar-refractivity contribution is 5.32. The Morgan fingerprint density at radius 2 is 2.00 bits per heavy atom. The molecular formula is C15H27N5. The van der Waals surface area contributed by atoms with Crippen LogP contribution in [-0.4, -0.2) is 40.9 Å². The molecule has 1 aliphatic heterocycles. The lowest BCUT2D eigenvalue weighted by Gasteiger charge is -2.36. The Morgan fingerprint density at radius 1 is 1.20 bits per heavy atom. The van der Waals surface area contributed by atoms with Crippen LogP contribution >= 0.6 is 0 Å². The molecule has 0 aliphatic carbocycles. The van der Waals surface area contributed by atoms with Gasteiger partial charge in [-0.2, -0.15) is 5.10 Å². The SMILES string of the molecule is Cc1nnc(N2CCCCC2CNCC(C)C)nc1C. The van der Waals surface area contributed by atoms with Gasteiger partial charge in [0.2, 0.25) is 5.95 Å². The number of hydrogen-bond donors (Lipinski definition) is 1. The Kier molecular flexibility index (Phi) is 5.29. The number of rotatable bonds is 5. The van der Waals surface area contributed by atoms with Crippen LogP contribution in [0.1, 0.15) is 44.5 Å². The van der Waals surface area contributed by atoms with E-state index in [0.717, 1.165) is 37.0 Å². The zero-order valence-corrected chi connectivity index (χ0v) is 13.2. The summed E-state index contributed by atoms with van der Waals surface area (Å²) in [5.41, 5.74) is 1.90. The smallest absolute Gasteiger partial charge is 0.245 e. The first kappa shape index (κ1) is 15.2. The third-order valence-electron chi connectivity index (χ3n) is 3.90. The van der Waals surface area contributed by atoms with E-state index in [1.165, 1.54) is 19.3 Å². The van der Waals surface area contributed by atoms with Crippen molar-refractivity contribution >= 4 is 5.95 Å². The molecule has 0 radical (unpaired) electrons. The van der Waals surface area contributed by atoms with Crippen molar-refractivity contribution in [2.75, 3.05) is 24.5 Å². The summed E-state index contributed by atoms with van der Waals surface area (Å²) in [4.78, 5) is 6.94. The van der Waals surface area contributed by atoms with Crippen molar-refractivity contribution in [3.05, 3.63) is 11.4 Å². The van der Waals surface area contributed by atoms with Gasteiger partial charge in [-0.25, -0.2) is 4.98 Å². The first-order valence-corrected chi connectivity index (χ1v) is 7.73.